The minimum Gasteiger partial charge on any atom is -0.408 e. The third-order valence-corrected chi connectivity index (χ3v) is 3.32. The molecule has 25 heavy (non-hydrogen) atoms. The number of amides is 2. The Hall–Kier alpha value is -3.43. The van der Waals surface area contributed by atoms with E-state index in [9.17, 15) is 14.4 Å². The van der Waals surface area contributed by atoms with E-state index < -0.39 is 5.76 Å². The standard InChI is InChI=1S/C15H16N6O4/c1-8(2)14(23)18-12-6-21(20-19-12)7-13(22)16-9-3-4-10-11(5-9)25-15(24)17-10/h3-6,8H,7H2,1-2H3,(H,16,22)(H,17,24)(H,18,23). The predicted molar refractivity (Wildman–Crippen MR) is 89.0 cm³/mol. The Morgan fingerprint density at radius 2 is 2.12 bits per heavy atom. The SMILES string of the molecule is CC(C)C(=O)Nc1cn(CC(=O)Nc2ccc3[nH]c(=O)oc3c2)nn1. The number of nitrogens with zero attached hydrogens (tertiary/aromatic N) is 3. The number of rotatable bonds is 5. The highest BCUT2D eigenvalue weighted by atomic mass is 16.4. The van der Waals surface area contributed by atoms with Gasteiger partial charge in [-0.05, 0) is 12.1 Å². The second-order valence-electron chi connectivity index (χ2n) is 5.72. The van der Waals surface area contributed by atoms with E-state index in [-0.39, 0.29) is 30.1 Å². The Kier molecular flexibility index (Phi) is 4.33. The molecule has 10 nitrogen and oxygen atoms in total. The minimum absolute atomic E-state index is 0.0837. The van der Waals surface area contributed by atoms with E-state index in [1.54, 1.807) is 32.0 Å². The molecule has 0 radical (unpaired) electrons. The fraction of sp³-hybridized carbons (Fsp3) is 0.267. The summed E-state index contributed by atoms with van der Waals surface area (Å²) in [5, 5.41) is 12.8. The van der Waals surface area contributed by atoms with Gasteiger partial charge in [-0.15, -0.1) is 5.10 Å². The lowest BCUT2D eigenvalue weighted by molar-refractivity contribution is -0.119. The number of carbonyl (C=O) groups is 2. The summed E-state index contributed by atoms with van der Waals surface area (Å²) in [6.07, 6.45) is 1.47. The van der Waals surface area contributed by atoms with Crippen LogP contribution in [0.15, 0.2) is 33.6 Å². The predicted octanol–water partition coefficient (Wildman–Crippen LogP) is 0.946. The Balaban J connectivity index is 1.62. The normalized spacial score (nSPS) is 11.0. The van der Waals surface area contributed by atoms with Crippen LogP contribution in [0.4, 0.5) is 11.5 Å². The van der Waals surface area contributed by atoms with Gasteiger partial charge >= 0.3 is 5.76 Å². The fourth-order valence-electron chi connectivity index (χ4n) is 2.07. The minimum atomic E-state index is -0.558. The van der Waals surface area contributed by atoms with Crippen molar-refractivity contribution in [2.75, 3.05) is 10.6 Å². The van der Waals surface area contributed by atoms with Gasteiger partial charge in [0.15, 0.2) is 11.4 Å². The number of aromatic amines is 1. The van der Waals surface area contributed by atoms with E-state index in [0.29, 0.717) is 16.8 Å². The van der Waals surface area contributed by atoms with E-state index >= 15 is 0 Å². The maximum Gasteiger partial charge on any atom is 0.417 e. The first kappa shape index (κ1) is 16.4. The van der Waals surface area contributed by atoms with Gasteiger partial charge in [0, 0.05) is 17.7 Å². The summed E-state index contributed by atoms with van der Waals surface area (Å²) in [5.41, 5.74) is 1.38. The summed E-state index contributed by atoms with van der Waals surface area (Å²) in [6, 6.07) is 4.81. The lowest BCUT2D eigenvalue weighted by Crippen LogP contribution is -2.19. The van der Waals surface area contributed by atoms with Crippen LogP contribution in [0.1, 0.15) is 13.8 Å². The summed E-state index contributed by atoms with van der Waals surface area (Å²) >= 11 is 0. The number of nitrogens with one attached hydrogen (secondary N) is 3. The lowest BCUT2D eigenvalue weighted by Gasteiger charge is -2.05. The molecule has 3 aromatic rings. The van der Waals surface area contributed by atoms with Crippen molar-refractivity contribution in [3.8, 4) is 0 Å². The first-order chi connectivity index (χ1) is 11.9. The molecule has 0 aliphatic rings. The third kappa shape index (κ3) is 3.91. The second-order valence-corrected chi connectivity index (χ2v) is 5.72. The molecule has 0 spiro atoms. The first-order valence-corrected chi connectivity index (χ1v) is 7.54. The molecule has 0 aliphatic heterocycles. The van der Waals surface area contributed by atoms with Crippen LogP contribution >= 0.6 is 0 Å². The fourth-order valence-corrected chi connectivity index (χ4v) is 2.07. The molecular formula is C15H16N6O4. The third-order valence-electron chi connectivity index (χ3n) is 3.32. The van der Waals surface area contributed by atoms with Crippen LogP contribution in [0.5, 0.6) is 0 Å². The Labute approximate surface area is 141 Å². The van der Waals surface area contributed by atoms with Crippen LogP contribution in [0, 0.1) is 5.92 Å². The number of benzene rings is 1. The van der Waals surface area contributed by atoms with Gasteiger partial charge in [-0.2, -0.15) is 0 Å². The van der Waals surface area contributed by atoms with Crippen LogP contribution in [-0.4, -0.2) is 31.8 Å². The van der Waals surface area contributed by atoms with Crippen LogP contribution in [0.2, 0.25) is 0 Å². The molecule has 1 aromatic carbocycles. The molecule has 130 valence electrons. The summed E-state index contributed by atoms with van der Waals surface area (Å²) in [4.78, 5) is 37.3. The Morgan fingerprint density at radius 1 is 1.32 bits per heavy atom. The van der Waals surface area contributed by atoms with Crippen LogP contribution < -0.4 is 16.4 Å². The van der Waals surface area contributed by atoms with Gasteiger partial charge in [0.05, 0.1) is 11.7 Å². The van der Waals surface area contributed by atoms with Crippen molar-refractivity contribution in [2.45, 2.75) is 20.4 Å². The zero-order chi connectivity index (χ0) is 18.0. The molecule has 0 saturated heterocycles. The number of hydrogen-bond donors (Lipinski definition) is 3. The van der Waals surface area contributed by atoms with Crippen molar-refractivity contribution in [2.24, 2.45) is 5.92 Å². The van der Waals surface area contributed by atoms with Crippen LogP contribution in [0.3, 0.4) is 0 Å². The lowest BCUT2D eigenvalue weighted by atomic mass is 10.2. The Bertz CT molecular complexity index is 983. The van der Waals surface area contributed by atoms with E-state index in [0.717, 1.165) is 0 Å². The van der Waals surface area contributed by atoms with Crippen molar-refractivity contribution in [3.05, 3.63) is 34.9 Å². The van der Waals surface area contributed by atoms with Crippen molar-refractivity contribution in [1.29, 1.82) is 0 Å². The monoisotopic (exact) mass is 344 g/mol. The summed E-state index contributed by atoms with van der Waals surface area (Å²) < 4.78 is 6.24. The molecule has 0 unspecified atom stereocenters. The summed E-state index contributed by atoms with van der Waals surface area (Å²) in [5.74, 6) is -0.988. The summed E-state index contributed by atoms with van der Waals surface area (Å²) in [6.45, 7) is 3.44. The largest absolute Gasteiger partial charge is 0.417 e. The number of oxazole rings is 1. The molecule has 2 amide bonds. The van der Waals surface area contributed by atoms with Crippen LogP contribution in [0.25, 0.3) is 11.1 Å². The number of carbonyl (C=O) groups excluding carboxylic acids is 2. The average Bonchev–Trinajstić information content (AvgIpc) is 3.11. The number of hydrogen-bond acceptors (Lipinski definition) is 6. The van der Waals surface area contributed by atoms with Gasteiger partial charge in [0.25, 0.3) is 0 Å². The van der Waals surface area contributed by atoms with Crippen molar-refractivity contribution < 1.29 is 14.0 Å². The first-order valence-electron chi connectivity index (χ1n) is 7.54. The topological polar surface area (TPSA) is 135 Å². The molecule has 2 aromatic heterocycles. The van der Waals surface area contributed by atoms with Crippen molar-refractivity contribution in [3.63, 3.8) is 0 Å². The van der Waals surface area contributed by atoms with Gasteiger partial charge < -0.3 is 15.1 Å². The number of anilines is 2. The maximum atomic E-state index is 12.1. The number of aromatic nitrogens is 4. The van der Waals surface area contributed by atoms with Crippen molar-refractivity contribution in [1.82, 2.24) is 20.0 Å². The highest BCUT2D eigenvalue weighted by molar-refractivity contribution is 5.93. The van der Waals surface area contributed by atoms with E-state index in [1.807, 2.05) is 0 Å². The molecule has 0 fully saturated rings. The van der Waals surface area contributed by atoms with Gasteiger partial charge in [-0.1, -0.05) is 19.1 Å². The van der Waals surface area contributed by atoms with Crippen molar-refractivity contribution >= 4 is 34.4 Å². The van der Waals surface area contributed by atoms with E-state index in [4.69, 9.17) is 4.42 Å². The molecule has 3 N–H and O–H groups in total. The van der Waals surface area contributed by atoms with Crippen LogP contribution in [-0.2, 0) is 16.1 Å². The smallest absolute Gasteiger partial charge is 0.408 e. The summed E-state index contributed by atoms with van der Waals surface area (Å²) in [7, 11) is 0. The zero-order valence-corrected chi connectivity index (χ0v) is 13.6. The quantitative estimate of drug-likeness (QED) is 0.630. The van der Waals surface area contributed by atoms with Gasteiger partial charge in [0.2, 0.25) is 11.8 Å². The van der Waals surface area contributed by atoms with E-state index in [1.165, 1.54) is 10.9 Å². The van der Waals surface area contributed by atoms with E-state index in [2.05, 4.69) is 25.9 Å². The molecule has 0 aliphatic carbocycles. The molecular weight excluding hydrogens is 328 g/mol. The molecule has 0 saturated carbocycles. The highest BCUT2D eigenvalue weighted by Crippen LogP contribution is 2.16. The molecule has 2 heterocycles. The Morgan fingerprint density at radius 3 is 2.88 bits per heavy atom. The maximum absolute atomic E-state index is 12.1. The molecule has 0 bridgehead atoms. The number of H-pyrrole nitrogens is 1. The van der Waals surface area contributed by atoms with Gasteiger partial charge in [-0.25, -0.2) is 9.48 Å². The second kappa shape index (κ2) is 6.59. The van der Waals surface area contributed by atoms with Gasteiger partial charge in [0.1, 0.15) is 6.54 Å². The molecule has 3 rings (SSSR count). The highest BCUT2D eigenvalue weighted by Gasteiger charge is 2.11. The van der Waals surface area contributed by atoms with Gasteiger partial charge in [-0.3, -0.25) is 14.6 Å². The molecule has 0 atom stereocenters. The average molecular weight is 344 g/mol. The zero-order valence-electron chi connectivity index (χ0n) is 13.6. The molecule has 10 heteroatoms. The number of fused-ring (bicyclic) bond motifs is 1.